The van der Waals surface area contributed by atoms with E-state index in [0.29, 0.717) is 17.1 Å². The normalized spacial score (nSPS) is 11.0. The number of rotatable bonds is 6. The number of hydrogen-bond acceptors (Lipinski definition) is 5. The van der Waals surface area contributed by atoms with E-state index in [1.54, 1.807) is 0 Å². The van der Waals surface area contributed by atoms with Crippen LogP contribution in [0.5, 0.6) is 0 Å². The highest BCUT2D eigenvalue weighted by atomic mass is 32.2. The average Bonchev–Trinajstić information content (AvgIpc) is 3.06. The van der Waals surface area contributed by atoms with Gasteiger partial charge in [0.1, 0.15) is 11.4 Å². The van der Waals surface area contributed by atoms with Gasteiger partial charge in [0.2, 0.25) is 5.91 Å². The smallest absolute Gasteiger partial charge is 0.263 e. The first-order valence-corrected chi connectivity index (χ1v) is 10.0. The first-order chi connectivity index (χ1) is 12.1. The zero-order valence-electron chi connectivity index (χ0n) is 14.1. The summed E-state index contributed by atoms with van der Waals surface area (Å²) < 4.78 is 1.46. The second-order valence-electron chi connectivity index (χ2n) is 5.54. The maximum Gasteiger partial charge on any atom is 0.263 e. The second-order valence-corrected chi connectivity index (χ2v) is 7.43. The van der Waals surface area contributed by atoms with E-state index in [4.69, 9.17) is 0 Å². The number of thiophene rings is 1. The van der Waals surface area contributed by atoms with Gasteiger partial charge in [-0.3, -0.25) is 14.2 Å². The van der Waals surface area contributed by atoms with Crippen LogP contribution in [0.15, 0.2) is 46.3 Å². The summed E-state index contributed by atoms with van der Waals surface area (Å²) in [6.07, 6.45) is 2.73. The number of fused-ring (bicyclic) bond motifs is 1. The number of carbonyl (C=O) groups excluding carboxylic acids is 1. The molecule has 130 valence electrons. The van der Waals surface area contributed by atoms with Crippen LogP contribution in [0.1, 0.15) is 17.4 Å². The van der Waals surface area contributed by atoms with E-state index in [1.807, 2.05) is 42.7 Å². The Hall–Kier alpha value is -2.12. The maximum absolute atomic E-state index is 12.8. The molecule has 0 saturated carbocycles. The molecule has 0 bridgehead atoms. The Balaban J connectivity index is 1.83. The molecule has 0 unspecified atom stereocenters. The van der Waals surface area contributed by atoms with Gasteiger partial charge in [-0.25, -0.2) is 4.98 Å². The molecule has 0 radical (unpaired) electrons. The standard InChI is InChI=1S/C18H19N3O2S2/c1-3-13-9-14-16(25-13)20-18(24-2)21(17(14)23)11-15(22)19-10-12-7-5-4-6-8-12/h4-9H,3,10-11H2,1-2H3,(H,19,22). The number of nitrogens with one attached hydrogen (secondary N) is 1. The van der Waals surface area contributed by atoms with Gasteiger partial charge in [-0.15, -0.1) is 11.3 Å². The Morgan fingerprint density at radius 2 is 2.08 bits per heavy atom. The van der Waals surface area contributed by atoms with Gasteiger partial charge in [0.25, 0.3) is 5.56 Å². The summed E-state index contributed by atoms with van der Waals surface area (Å²) in [5.74, 6) is -0.201. The molecule has 2 heterocycles. The van der Waals surface area contributed by atoms with Crippen LogP contribution >= 0.6 is 23.1 Å². The Bertz CT molecular complexity index is 948. The molecular weight excluding hydrogens is 354 g/mol. The number of hydrogen-bond donors (Lipinski definition) is 1. The molecule has 0 aliphatic carbocycles. The van der Waals surface area contributed by atoms with Crippen molar-refractivity contribution >= 4 is 39.2 Å². The molecule has 0 saturated heterocycles. The van der Waals surface area contributed by atoms with Crippen LogP contribution in [0.4, 0.5) is 0 Å². The van der Waals surface area contributed by atoms with Crippen molar-refractivity contribution in [2.45, 2.75) is 31.6 Å². The van der Waals surface area contributed by atoms with Gasteiger partial charge in [0, 0.05) is 11.4 Å². The van der Waals surface area contributed by atoms with Gasteiger partial charge in [0.15, 0.2) is 5.16 Å². The first-order valence-electron chi connectivity index (χ1n) is 8.00. The van der Waals surface area contributed by atoms with E-state index < -0.39 is 0 Å². The minimum absolute atomic E-state index is 0.0257. The monoisotopic (exact) mass is 373 g/mol. The number of aromatic nitrogens is 2. The highest BCUT2D eigenvalue weighted by molar-refractivity contribution is 7.98. The van der Waals surface area contributed by atoms with Gasteiger partial charge in [-0.2, -0.15) is 0 Å². The second kappa shape index (κ2) is 7.84. The SMILES string of the molecule is CCc1cc2c(=O)n(CC(=O)NCc3ccccc3)c(SC)nc2s1. The zero-order chi connectivity index (χ0) is 17.8. The maximum atomic E-state index is 12.8. The van der Waals surface area contributed by atoms with Crippen LogP contribution < -0.4 is 10.9 Å². The Morgan fingerprint density at radius 3 is 2.76 bits per heavy atom. The fraction of sp³-hybridized carbons (Fsp3) is 0.278. The molecule has 0 fully saturated rings. The summed E-state index contributed by atoms with van der Waals surface area (Å²) in [6, 6.07) is 11.6. The Kier molecular flexibility index (Phi) is 5.55. The molecule has 1 amide bonds. The molecule has 1 N–H and O–H groups in total. The van der Waals surface area contributed by atoms with Crippen molar-refractivity contribution in [1.82, 2.24) is 14.9 Å². The van der Waals surface area contributed by atoms with E-state index in [1.165, 1.54) is 27.7 Å². The van der Waals surface area contributed by atoms with Crippen LogP contribution in [0.3, 0.4) is 0 Å². The summed E-state index contributed by atoms with van der Waals surface area (Å²) in [7, 11) is 0. The third kappa shape index (κ3) is 3.93. The lowest BCUT2D eigenvalue weighted by atomic mass is 10.2. The molecular formula is C18H19N3O2S2. The minimum atomic E-state index is -0.201. The molecule has 0 spiro atoms. The van der Waals surface area contributed by atoms with E-state index in [-0.39, 0.29) is 18.0 Å². The Labute approximate surface area is 154 Å². The number of nitrogens with zero attached hydrogens (tertiary/aromatic N) is 2. The number of amides is 1. The van der Waals surface area contributed by atoms with E-state index in [2.05, 4.69) is 17.2 Å². The lowest BCUT2D eigenvalue weighted by Gasteiger charge is -2.11. The summed E-state index contributed by atoms with van der Waals surface area (Å²) in [4.78, 5) is 31.5. The quantitative estimate of drug-likeness (QED) is 0.533. The molecule has 25 heavy (non-hydrogen) atoms. The fourth-order valence-corrected chi connectivity index (χ4v) is 4.08. The zero-order valence-corrected chi connectivity index (χ0v) is 15.7. The number of benzene rings is 1. The highest BCUT2D eigenvalue weighted by Gasteiger charge is 2.15. The molecule has 0 aliphatic rings. The van der Waals surface area contributed by atoms with Crippen LogP contribution in [-0.2, 0) is 24.3 Å². The summed E-state index contributed by atoms with van der Waals surface area (Å²) in [5, 5.41) is 4.02. The Morgan fingerprint density at radius 1 is 1.32 bits per heavy atom. The molecule has 0 aliphatic heterocycles. The fourth-order valence-electron chi connectivity index (χ4n) is 2.51. The third-order valence-electron chi connectivity index (χ3n) is 3.83. The van der Waals surface area contributed by atoms with E-state index in [0.717, 1.165) is 21.7 Å². The highest BCUT2D eigenvalue weighted by Crippen LogP contribution is 2.24. The van der Waals surface area contributed by atoms with Gasteiger partial charge in [-0.05, 0) is 24.3 Å². The minimum Gasteiger partial charge on any atom is -0.350 e. The molecule has 7 heteroatoms. The first kappa shape index (κ1) is 17.7. The largest absolute Gasteiger partial charge is 0.350 e. The summed E-state index contributed by atoms with van der Waals surface area (Å²) in [5.41, 5.74) is 0.868. The van der Waals surface area contributed by atoms with E-state index in [9.17, 15) is 9.59 Å². The molecule has 3 rings (SSSR count). The topological polar surface area (TPSA) is 64.0 Å². The van der Waals surface area contributed by atoms with Crippen molar-refractivity contribution < 1.29 is 4.79 Å². The van der Waals surface area contributed by atoms with Crippen molar-refractivity contribution in [2.24, 2.45) is 0 Å². The molecule has 1 aromatic carbocycles. The third-order valence-corrected chi connectivity index (χ3v) is 5.68. The average molecular weight is 374 g/mol. The van der Waals surface area contributed by atoms with Gasteiger partial charge < -0.3 is 5.32 Å². The summed E-state index contributed by atoms with van der Waals surface area (Å²) >= 11 is 2.91. The van der Waals surface area contributed by atoms with Crippen molar-refractivity contribution in [3.8, 4) is 0 Å². The molecule has 2 aromatic heterocycles. The number of thioether (sulfide) groups is 1. The van der Waals surface area contributed by atoms with Crippen LogP contribution in [0, 0.1) is 0 Å². The van der Waals surface area contributed by atoms with Crippen LogP contribution in [0.2, 0.25) is 0 Å². The number of aryl methyl sites for hydroxylation is 1. The van der Waals surface area contributed by atoms with Crippen molar-refractivity contribution in [1.29, 1.82) is 0 Å². The molecule has 5 nitrogen and oxygen atoms in total. The van der Waals surface area contributed by atoms with Crippen LogP contribution in [-0.4, -0.2) is 21.7 Å². The predicted octanol–water partition coefficient (Wildman–Crippen LogP) is 3.06. The van der Waals surface area contributed by atoms with Gasteiger partial charge in [0.05, 0.1) is 5.39 Å². The molecule has 3 aromatic rings. The molecule has 0 atom stereocenters. The van der Waals surface area contributed by atoms with Gasteiger partial charge in [-0.1, -0.05) is 49.0 Å². The van der Waals surface area contributed by atoms with E-state index >= 15 is 0 Å². The predicted molar refractivity (Wildman–Crippen MR) is 103 cm³/mol. The van der Waals surface area contributed by atoms with Gasteiger partial charge >= 0.3 is 0 Å². The summed E-state index contributed by atoms with van der Waals surface area (Å²) in [6.45, 7) is 2.47. The lowest BCUT2D eigenvalue weighted by molar-refractivity contribution is -0.122. The van der Waals surface area contributed by atoms with Crippen LogP contribution in [0.25, 0.3) is 10.2 Å². The van der Waals surface area contributed by atoms with Crippen molar-refractivity contribution in [3.63, 3.8) is 0 Å². The van der Waals surface area contributed by atoms with Crippen molar-refractivity contribution in [2.75, 3.05) is 6.26 Å². The van der Waals surface area contributed by atoms with Crippen molar-refractivity contribution in [3.05, 3.63) is 57.2 Å². The lowest BCUT2D eigenvalue weighted by Crippen LogP contribution is -2.33. The number of carbonyl (C=O) groups is 1.